The molecule has 2 aliphatic heterocycles. The molecule has 3 aliphatic rings. The third-order valence-electron chi connectivity index (χ3n) is 10.6. The number of carbonyl (C=O) groups excluding carboxylic acids is 2. The van der Waals surface area contributed by atoms with Gasteiger partial charge in [-0.2, -0.15) is 0 Å². The molecule has 2 amide bonds. The first kappa shape index (κ1) is 34.4. The number of rotatable bonds is 10. The van der Waals surface area contributed by atoms with Crippen molar-refractivity contribution < 1.29 is 23.9 Å². The van der Waals surface area contributed by atoms with Crippen molar-refractivity contribution >= 4 is 48.2 Å². The standard InChI is InChI=1S/C40H46ClNO5Si/c1-6-26(21-27-18-19-29(43)23-34(27)41)17-20-35-36-28(22-32-37(33(36)25-46-35)39(45)42(5)38(32)44)24-47-48(40(2,3)4,30-13-9-7-10-14-30)31-15-11-8-12-16-31/h7-16,18-19,21,23,32-33,35,37,43H,6,17,20,22,24-25H2,1-5H3/b26-21+/t32-,33+,35-,37-/m1/s1. The van der Waals surface area contributed by atoms with Crippen LogP contribution in [0.5, 0.6) is 5.75 Å². The topological polar surface area (TPSA) is 76.1 Å². The van der Waals surface area contributed by atoms with Gasteiger partial charge < -0.3 is 14.3 Å². The number of halogens is 1. The molecule has 8 heteroatoms. The zero-order chi connectivity index (χ0) is 34.2. The van der Waals surface area contributed by atoms with Crippen molar-refractivity contribution in [2.24, 2.45) is 17.8 Å². The smallest absolute Gasteiger partial charge is 0.261 e. The van der Waals surface area contributed by atoms with E-state index in [1.807, 2.05) is 18.2 Å². The van der Waals surface area contributed by atoms with Gasteiger partial charge in [0.15, 0.2) is 0 Å². The number of phenolic OH excluding ortho intramolecular Hbond substituents is 1. The highest BCUT2D eigenvalue weighted by atomic mass is 35.5. The Bertz CT molecular complexity index is 1690. The molecule has 2 fully saturated rings. The molecule has 1 aliphatic carbocycles. The van der Waals surface area contributed by atoms with Gasteiger partial charge in [-0.15, -0.1) is 0 Å². The summed E-state index contributed by atoms with van der Waals surface area (Å²) < 4.78 is 14.0. The molecule has 48 heavy (non-hydrogen) atoms. The summed E-state index contributed by atoms with van der Waals surface area (Å²) in [7, 11) is -1.24. The molecular weight excluding hydrogens is 638 g/mol. The van der Waals surface area contributed by atoms with Crippen molar-refractivity contribution in [3.8, 4) is 5.75 Å². The maximum Gasteiger partial charge on any atom is 0.261 e. The molecule has 0 saturated carbocycles. The summed E-state index contributed by atoms with van der Waals surface area (Å²) in [6.45, 7) is 9.74. The SMILES string of the molecule is CC/C(=C\c1ccc(O)cc1Cl)CC[C@H]1OC[C@H]2C1=C(CO[Si](c1ccccc1)(c1ccccc1)C(C)(C)C)C[C@H]1C(=O)N(C)C(=O)[C@H]12. The van der Waals surface area contributed by atoms with Gasteiger partial charge in [0.2, 0.25) is 11.8 Å². The predicted molar refractivity (Wildman–Crippen MR) is 194 cm³/mol. The predicted octanol–water partition coefficient (Wildman–Crippen LogP) is 7.14. The van der Waals surface area contributed by atoms with Crippen LogP contribution in [0.2, 0.25) is 10.1 Å². The second-order valence-corrected chi connectivity index (χ2v) is 19.1. The minimum absolute atomic E-state index is 0.0974. The lowest BCUT2D eigenvalue weighted by Gasteiger charge is -2.44. The van der Waals surface area contributed by atoms with Crippen molar-refractivity contribution in [1.29, 1.82) is 0 Å². The molecule has 0 bridgehead atoms. The van der Waals surface area contributed by atoms with E-state index >= 15 is 0 Å². The van der Waals surface area contributed by atoms with E-state index in [-0.39, 0.29) is 40.5 Å². The third-order valence-corrected chi connectivity index (χ3v) is 15.9. The largest absolute Gasteiger partial charge is 0.508 e. The Morgan fingerprint density at radius 3 is 2.23 bits per heavy atom. The summed E-state index contributed by atoms with van der Waals surface area (Å²) in [6, 6.07) is 26.2. The molecule has 6 nitrogen and oxygen atoms in total. The highest BCUT2D eigenvalue weighted by Crippen LogP contribution is 2.50. The molecule has 252 valence electrons. The Kier molecular flexibility index (Phi) is 9.87. The molecule has 0 aromatic heterocycles. The first-order valence-electron chi connectivity index (χ1n) is 17.0. The fourth-order valence-corrected chi connectivity index (χ4v) is 13.0. The average molecular weight is 684 g/mol. The molecule has 6 rings (SSSR count). The Morgan fingerprint density at radius 2 is 1.65 bits per heavy atom. The molecule has 0 spiro atoms. The fourth-order valence-electron chi connectivity index (χ4n) is 8.24. The van der Waals surface area contributed by atoms with E-state index in [4.69, 9.17) is 20.8 Å². The maximum absolute atomic E-state index is 13.5. The van der Waals surface area contributed by atoms with Gasteiger partial charge in [-0.05, 0) is 76.0 Å². The third kappa shape index (κ3) is 6.22. The lowest BCUT2D eigenvalue weighted by atomic mass is 9.69. The first-order chi connectivity index (χ1) is 23.0. The number of fused-ring (bicyclic) bond motifs is 3. The van der Waals surface area contributed by atoms with Crippen LogP contribution in [0.25, 0.3) is 6.08 Å². The number of aromatic hydroxyl groups is 1. The maximum atomic E-state index is 13.5. The lowest BCUT2D eigenvalue weighted by Crippen LogP contribution is -2.66. The molecule has 1 N–H and O–H groups in total. The first-order valence-corrected chi connectivity index (χ1v) is 19.3. The summed E-state index contributed by atoms with van der Waals surface area (Å²) in [5.41, 5.74) is 4.36. The van der Waals surface area contributed by atoms with E-state index in [9.17, 15) is 14.7 Å². The second-order valence-electron chi connectivity index (χ2n) is 14.4. The summed E-state index contributed by atoms with van der Waals surface area (Å²) in [4.78, 5) is 28.2. The normalized spacial score (nSPS) is 23.1. The Balaban J connectivity index is 1.37. The quantitative estimate of drug-likeness (QED) is 0.140. The molecule has 2 heterocycles. The van der Waals surface area contributed by atoms with E-state index < -0.39 is 14.2 Å². The zero-order valence-corrected chi connectivity index (χ0v) is 30.3. The van der Waals surface area contributed by atoms with Gasteiger partial charge in [-0.25, -0.2) is 0 Å². The van der Waals surface area contributed by atoms with E-state index in [1.165, 1.54) is 20.8 Å². The molecule has 4 atom stereocenters. The van der Waals surface area contributed by atoms with E-state index in [0.29, 0.717) is 24.7 Å². The van der Waals surface area contributed by atoms with E-state index in [2.05, 4.69) is 82.3 Å². The van der Waals surface area contributed by atoms with Crippen molar-refractivity contribution in [3.05, 3.63) is 106 Å². The number of benzene rings is 3. The van der Waals surface area contributed by atoms with Crippen molar-refractivity contribution in [1.82, 2.24) is 4.90 Å². The molecule has 3 aromatic carbocycles. The Hall–Kier alpha value is -3.49. The monoisotopic (exact) mass is 683 g/mol. The number of likely N-dealkylation sites (tertiary alicyclic amines) is 1. The zero-order valence-electron chi connectivity index (χ0n) is 28.5. The van der Waals surface area contributed by atoms with Crippen molar-refractivity contribution in [2.75, 3.05) is 20.3 Å². The molecular formula is C40H46ClNO5Si. The molecule has 0 unspecified atom stereocenters. The van der Waals surface area contributed by atoms with Crippen LogP contribution in [0.1, 0.15) is 58.9 Å². The highest BCUT2D eigenvalue weighted by Gasteiger charge is 2.57. The van der Waals surface area contributed by atoms with Crippen molar-refractivity contribution in [2.45, 2.75) is 64.5 Å². The Labute approximate surface area is 290 Å². The van der Waals surface area contributed by atoms with Crippen LogP contribution in [0.4, 0.5) is 0 Å². The highest BCUT2D eigenvalue weighted by molar-refractivity contribution is 6.99. The number of imide groups is 1. The van der Waals surface area contributed by atoms with Crippen molar-refractivity contribution in [3.63, 3.8) is 0 Å². The van der Waals surface area contributed by atoms with Gasteiger partial charge >= 0.3 is 0 Å². The number of carbonyl (C=O) groups is 2. The number of nitrogens with zero attached hydrogens (tertiary/aromatic N) is 1. The van der Waals surface area contributed by atoms with E-state index in [1.54, 1.807) is 19.2 Å². The summed E-state index contributed by atoms with van der Waals surface area (Å²) in [6.07, 6.45) is 4.81. The summed E-state index contributed by atoms with van der Waals surface area (Å²) >= 11 is 6.44. The van der Waals surface area contributed by atoms with Gasteiger partial charge in [-0.3, -0.25) is 14.5 Å². The summed E-state index contributed by atoms with van der Waals surface area (Å²) in [5, 5.41) is 12.5. The average Bonchev–Trinajstić information content (AvgIpc) is 3.59. The Morgan fingerprint density at radius 1 is 1.00 bits per heavy atom. The molecule has 0 radical (unpaired) electrons. The van der Waals surface area contributed by atoms with Crippen LogP contribution in [0, 0.1) is 17.8 Å². The number of hydrogen-bond acceptors (Lipinski definition) is 5. The number of ether oxygens (including phenoxy) is 1. The van der Waals surface area contributed by atoms with Gasteiger partial charge in [-0.1, -0.05) is 112 Å². The second kappa shape index (κ2) is 13.8. The van der Waals surface area contributed by atoms with Crippen LogP contribution in [-0.2, 0) is 18.8 Å². The van der Waals surface area contributed by atoms with Gasteiger partial charge in [0, 0.05) is 13.0 Å². The van der Waals surface area contributed by atoms with Crippen LogP contribution in [-0.4, -0.2) is 56.5 Å². The van der Waals surface area contributed by atoms with Gasteiger partial charge in [0.25, 0.3) is 8.32 Å². The van der Waals surface area contributed by atoms with Gasteiger partial charge in [0.1, 0.15) is 5.75 Å². The molecule has 2 saturated heterocycles. The summed E-state index contributed by atoms with van der Waals surface area (Å²) in [5.74, 6) is -0.984. The minimum atomic E-state index is -2.85. The van der Waals surface area contributed by atoms with Crippen LogP contribution in [0.15, 0.2) is 95.6 Å². The van der Waals surface area contributed by atoms with Crippen LogP contribution < -0.4 is 10.4 Å². The molecule has 3 aromatic rings. The van der Waals surface area contributed by atoms with Crippen LogP contribution in [0.3, 0.4) is 0 Å². The fraction of sp³-hybridized carbons (Fsp3) is 0.400. The number of phenols is 1. The van der Waals surface area contributed by atoms with Crippen LogP contribution >= 0.6 is 11.6 Å². The minimum Gasteiger partial charge on any atom is -0.508 e. The van der Waals surface area contributed by atoms with Gasteiger partial charge in [0.05, 0.1) is 36.2 Å². The van der Waals surface area contributed by atoms with E-state index in [0.717, 1.165) is 36.0 Å². The lowest BCUT2D eigenvalue weighted by molar-refractivity contribution is -0.138. The number of hydrogen-bond donors (Lipinski definition) is 1. The number of amides is 2. The number of allylic oxidation sites excluding steroid dienone is 1.